The molecule has 3 atom stereocenters. The van der Waals surface area contributed by atoms with Crippen LogP contribution in [0.2, 0.25) is 0 Å². The number of carbonyl (C=O) groups excluding carboxylic acids is 2. The van der Waals surface area contributed by atoms with Gasteiger partial charge in [0.15, 0.2) is 0 Å². The van der Waals surface area contributed by atoms with Crippen molar-refractivity contribution < 1.29 is 14.3 Å². The Bertz CT molecular complexity index is 354. The molecule has 2 heterocycles. The number of nitrogens with one attached hydrogen (secondary N) is 1. The van der Waals surface area contributed by atoms with Crippen molar-refractivity contribution in [2.75, 3.05) is 19.6 Å². The Morgan fingerprint density at radius 3 is 2.70 bits per heavy atom. The van der Waals surface area contributed by atoms with Crippen LogP contribution in [0.5, 0.6) is 0 Å². The molecule has 116 valence electrons. The van der Waals surface area contributed by atoms with E-state index in [2.05, 4.69) is 5.32 Å². The largest absolute Gasteiger partial charge is 0.364 e. The Hall–Kier alpha value is -0.850. The fraction of sp³-hybridized carbons (Fsp3) is 0.846. The number of ether oxygens (including phenoxy) is 1. The lowest BCUT2D eigenvalue weighted by Crippen LogP contribution is -2.43. The van der Waals surface area contributed by atoms with Crippen molar-refractivity contribution in [1.82, 2.24) is 10.2 Å². The van der Waals surface area contributed by atoms with Crippen LogP contribution in [0.3, 0.4) is 0 Å². The SMILES string of the molecule is CCC(=O)N1CCC(NC(=O)[C@@H]2CC[C@H](CN)O2)C1.Cl. The number of nitrogens with two attached hydrogens (primary N) is 1. The summed E-state index contributed by atoms with van der Waals surface area (Å²) in [5.74, 6) is 0.0869. The smallest absolute Gasteiger partial charge is 0.249 e. The summed E-state index contributed by atoms with van der Waals surface area (Å²) in [5.41, 5.74) is 5.53. The van der Waals surface area contributed by atoms with Gasteiger partial charge in [-0.25, -0.2) is 0 Å². The average molecular weight is 306 g/mol. The van der Waals surface area contributed by atoms with Gasteiger partial charge in [-0.2, -0.15) is 0 Å². The van der Waals surface area contributed by atoms with E-state index in [1.54, 1.807) is 0 Å². The second kappa shape index (κ2) is 7.81. The fourth-order valence-corrected chi connectivity index (χ4v) is 2.69. The van der Waals surface area contributed by atoms with Gasteiger partial charge in [0, 0.05) is 32.1 Å². The Balaban J connectivity index is 0.00000200. The molecule has 0 spiro atoms. The zero-order valence-corrected chi connectivity index (χ0v) is 12.7. The lowest BCUT2D eigenvalue weighted by atomic mass is 10.1. The third-order valence-electron chi connectivity index (χ3n) is 3.85. The van der Waals surface area contributed by atoms with E-state index in [4.69, 9.17) is 10.5 Å². The van der Waals surface area contributed by atoms with Gasteiger partial charge >= 0.3 is 0 Å². The second-order valence-electron chi connectivity index (χ2n) is 5.25. The van der Waals surface area contributed by atoms with Crippen LogP contribution >= 0.6 is 12.4 Å². The number of halogens is 1. The molecule has 2 saturated heterocycles. The first-order valence-electron chi connectivity index (χ1n) is 7.07. The topological polar surface area (TPSA) is 84.7 Å². The fourth-order valence-electron chi connectivity index (χ4n) is 2.69. The van der Waals surface area contributed by atoms with Gasteiger partial charge in [-0.3, -0.25) is 9.59 Å². The summed E-state index contributed by atoms with van der Waals surface area (Å²) in [6, 6.07) is 0.0588. The lowest BCUT2D eigenvalue weighted by Gasteiger charge is -2.18. The van der Waals surface area contributed by atoms with E-state index in [-0.39, 0.29) is 42.5 Å². The Morgan fingerprint density at radius 2 is 2.10 bits per heavy atom. The lowest BCUT2D eigenvalue weighted by molar-refractivity contribution is -0.133. The molecular weight excluding hydrogens is 282 g/mol. The van der Waals surface area contributed by atoms with E-state index in [1.807, 2.05) is 11.8 Å². The monoisotopic (exact) mass is 305 g/mol. The number of likely N-dealkylation sites (tertiary alicyclic amines) is 1. The van der Waals surface area contributed by atoms with Gasteiger partial charge in [0.25, 0.3) is 0 Å². The van der Waals surface area contributed by atoms with Gasteiger partial charge in [-0.05, 0) is 19.3 Å². The summed E-state index contributed by atoms with van der Waals surface area (Å²) >= 11 is 0. The van der Waals surface area contributed by atoms with Crippen molar-refractivity contribution in [2.24, 2.45) is 5.73 Å². The van der Waals surface area contributed by atoms with Gasteiger partial charge in [0.1, 0.15) is 6.10 Å². The Morgan fingerprint density at radius 1 is 1.35 bits per heavy atom. The number of carbonyl (C=O) groups is 2. The zero-order valence-electron chi connectivity index (χ0n) is 11.8. The van der Waals surface area contributed by atoms with Crippen molar-refractivity contribution >= 4 is 24.2 Å². The first-order valence-corrected chi connectivity index (χ1v) is 7.07. The molecule has 20 heavy (non-hydrogen) atoms. The van der Waals surface area contributed by atoms with E-state index < -0.39 is 0 Å². The first-order chi connectivity index (χ1) is 9.13. The standard InChI is InChI=1S/C13H23N3O3.ClH/c1-2-12(17)16-6-5-9(8-16)15-13(18)11-4-3-10(7-14)19-11;/h9-11H,2-8,14H2,1H3,(H,15,18);1H/t9?,10-,11+;/m1./s1. The molecule has 0 aromatic carbocycles. The van der Waals surface area contributed by atoms with Crippen molar-refractivity contribution in [1.29, 1.82) is 0 Å². The predicted octanol–water partition coefficient (Wildman–Crippen LogP) is 0.0416. The normalized spacial score (nSPS) is 29.1. The Kier molecular flexibility index (Phi) is 6.71. The highest BCUT2D eigenvalue weighted by molar-refractivity contribution is 5.85. The van der Waals surface area contributed by atoms with Crippen molar-refractivity contribution in [3.05, 3.63) is 0 Å². The summed E-state index contributed by atoms with van der Waals surface area (Å²) in [7, 11) is 0. The van der Waals surface area contributed by atoms with Crippen LogP contribution in [0.4, 0.5) is 0 Å². The minimum atomic E-state index is -0.371. The average Bonchev–Trinajstić information content (AvgIpc) is 3.06. The molecule has 0 saturated carbocycles. The molecule has 3 N–H and O–H groups in total. The maximum atomic E-state index is 12.0. The molecule has 1 unspecified atom stereocenters. The summed E-state index contributed by atoms with van der Waals surface area (Å²) in [4.78, 5) is 25.4. The molecular formula is C13H24ClN3O3. The number of nitrogens with zero attached hydrogens (tertiary/aromatic N) is 1. The quantitative estimate of drug-likeness (QED) is 0.768. The van der Waals surface area contributed by atoms with E-state index in [9.17, 15) is 9.59 Å². The van der Waals surface area contributed by atoms with E-state index in [0.29, 0.717) is 19.5 Å². The van der Waals surface area contributed by atoms with Crippen LogP contribution in [-0.2, 0) is 14.3 Å². The van der Waals surface area contributed by atoms with Crippen molar-refractivity contribution in [3.63, 3.8) is 0 Å². The molecule has 0 radical (unpaired) electrons. The molecule has 0 bridgehead atoms. The Labute approximate surface area is 125 Å². The van der Waals surface area contributed by atoms with Crippen LogP contribution in [0.15, 0.2) is 0 Å². The summed E-state index contributed by atoms with van der Waals surface area (Å²) in [5, 5.41) is 2.98. The second-order valence-corrected chi connectivity index (χ2v) is 5.25. The van der Waals surface area contributed by atoms with Crippen LogP contribution in [0.1, 0.15) is 32.6 Å². The molecule has 2 amide bonds. The molecule has 2 aliphatic heterocycles. The van der Waals surface area contributed by atoms with Gasteiger partial charge in [0.2, 0.25) is 11.8 Å². The van der Waals surface area contributed by atoms with E-state index in [0.717, 1.165) is 25.8 Å². The van der Waals surface area contributed by atoms with Gasteiger partial charge in [-0.1, -0.05) is 6.92 Å². The van der Waals surface area contributed by atoms with Crippen molar-refractivity contribution in [3.8, 4) is 0 Å². The minimum absolute atomic E-state index is 0. The maximum Gasteiger partial charge on any atom is 0.249 e. The van der Waals surface area contributed by atoms with Crippen LogP contribution < -0.4 is 11.1 Å². The molecule has 0 aromatic rings. The molecule has 2 rings (SSSR count). The summed E-state index contributed by atoms with van der Waals surface area (Å²) in [6.45, 7) is 3.67. The maximum absolute atomic E-state index is 12.0. The highest BCUT2D eigenvalue weighted by atomic mass is 35.5. The van der Waals surface area contributed by atoms with E-state index >= 15 is 0 Å². The van der Waals surface area contributed by atoms with Crippen molar-refractivity contribution in [2.45, 2.75) is 50.9 Å². The molecule has 2 aliphatic rings. The molecule has 6 nitrogen and oxygen atoms in total. The van der Waals surface area contributed by atoms with E-state index in [1.165, 1.54) is 0 Å². The zero-order chi connectivity index (χ0) is 13.8. The predicted molar refractivity (Wildman–Crippen MR) is 77.6 cm³/mol. The molecule has 2 fully saturated rings. The highest BCUT2D eigenvalue weighted by Gasteiger charge is 2.33. The van der Waals surface area contributed by atoms with Gasteiger partial charge in [0.05, 0.1) is 6.10 Å². The van der Waals surface area contributed by atoms with Gasteiger partial charge < -0.3 is 20.7 Å². The molecule has 0 aromatic heterocycles. The number of rotatable bonds is 4. The number of hydrogen-bond donors (Lipinski definition) is 2. The minimum Gasteiger partial charge on any atom is -0.364 e. The molecule has 0 aliphatic carbocycles. The first kappa shape index (κ1) is 17.2. The van der Waals surface area contributed by atoms with Crippen LogP contribution in [0, 0.1) is 0 Å². The van der Waals surface area contributed by atoms with Gasteiger partial charge in [-0.15, -0.1) is 12.4 Å². The summed E-state index contributed by atoms with van der Waals surface area (Å²) in [6.07, 6.45) is 2.56. The molecule has 7 heteroatoms. The number of hydrogen-bond acceptors (Lipinski definition) is 4. The third-order valence-corrected chi connectivity index (χ3v) is 3.85. The highest BCUT2D eigenvalue weighted by Crippen LogP contribution is 2.19. The number of amides is 2. The van der Waals surface area contributed by atoms with Crippen LogP contribution in [0.25, 0.3) is 0 Å². The third kappa shape index (κ3) is 4.07. The van der Waals surface area contributed by atoms with Crippen LogP contribution in [-0.4, -0.2) is 54.6 Å². The summed E-state index contributed by atoms with van der Waals surface area (Å²) < 4.78 is 5.56.